The number of carbonyl (C=O) groups is 1. The van der Waals surface area contributed by atoms with Crippen molar-refractivity contribution in [1.82, 2.24) is 4.90 Å². The van der Waals surface area contributed by atoms with Gasteiger partial charge in [0.1, 0.15) is 0 Å². The number of nitrogens with zero attached hydrogens (tertiary/aromatic N) is 1. The number of benzene rings is 2. The quantitative estimate of drug-likeness (QED) is 0.804. The van der Waals surface area contributed by atoms with Gasteiger partial charge in [-0.25, -0.2) is 0 Å². The molecule has 0 bridgehead atoms. The van der Waals surface area contributed by atoms with E-state index in [-0.39, 0.29) is 12.0 Å². The molecule has 0 spiro atoms. The summed E-state index contributed by atoms with van der Waals surface area (Å²) in [4.78, 5) is 14.2. The average Bonchev–Trinajstić information content (AvgIpc) is 2.59. The summed E-state index contributed by atoms with van der Waals surface area (Å²) >= 11 is 0. The van der Waals surface area contributed by atoms with Crippen molar-refractivity contribution >= 4 is 11.5 Å². The normalized spacial score (nSPS) is 17.6. The highest BCUT2D eigenvalue weighted by molar-refractivity contribution is 5.74. The minimum Gasteiger partial charge on any atom is -0.469 e. The Balaban J connectivity index is 1.94. The van der Waals surface area contributed by atoms with Gasteiger partial charge in [0.15, 0.2) is 0 Å². The molecule has 1 unspecified atom stereocenters. The number of fused-ring (bicyclic) bond motifs is 1. The minimum atomic E-state index is -0.185. The van der Waals surface area contributed by atoms with Crippen LogP contribution in [0.5, 0.6) is 0 Å². The van der Waals surface area contributed by atoms with Crippen molar-refractivity contribution in [3.8, 4) is 0 Å². The highest BCUT2D eigenvalue weighted by Crippen LogP contribution is 2.37. The lowest BCUT2D eigenvalue weighted by molar-refractivity contribution is -0.142. The second kappa shape index (κ2) is 6.80. The first-order valence-corrected chi connectivity index (χ1v) is 7.81. The third kappa shape index (κ3) is 3.35. The number of ether oxygens (including phenoxy) is 1. The monoisotopic (exact) mass is 307 g/mol. The van der Waals surface area contributed by atoms with E-state index < -0.39 is 0 Å². The second-order valence-electron chi connectivity index (χ2n) is 5.88. The predicted molar refractivity (Wildman–Crippen MR) is 91.7 cm³/mol. The molecule has 0 aromatic heterocycles. The molecule has 0 saturated carbocycles. The lowest BCUT2D eigenvalue weighted by Crippen LogP contribution is -2.35. The Hall–Kier alpha value is -2.39. The van der Waals surface area contributed by atoms with Gasteiger partial charge in [0.25, 0.3) is 0 Å². The van der Waals surface area contributed by atoms with Crippen LogP contribution in [-0.2, 0) is 16.1 Å². The maximum atomic E-state index is 11.9. The van der Waals surface area contributed by atoms with Crippen LogP contribution in [0.25, 0.3) is 5.57 Å². The Morgan fingerprint density at radius 1 is 1.17 bits per heavy atom. The maximum absolute atomic E-state index is 11.9. The van der Waals surface area contributed by atoms with Crippen molar-refractivity contribution in [2.75, 3.05) is 13.7 Å². The first kappa shape index (κ1) is 15.5. The smallest absolute Gasteiger partial charge is 0.307 e. The predicted octanol–water partition coefficient (Wildman–Crippen LogP) is 3.82. The molecule has 0 N–H and O–H groups in total. The summed E-state index contributed by atoms with van der Waals surface area (Å²) in [5, 5.41) is 0. The Kier molecular flexibility index (Phi) is 4.58. The Morgan fingerprint density at radius 3 is 2.61 bits per heavy atom. The number of esters is 1. The third-order valence-corrected chi connectivity index (χ3v) is 4.35. The Bertz CT molecular complexity index is 709. The van der Waals surface area contributed by atoms with E-state index in [9.17, 15) is 4.79 Å². The highest BCUT2D eigenvalue weighted by atomic mass is 16.5. The number of methoxy groups -OCH3 is 1. The van der Waals surface area contributed by atoms with Crippen molar-refractivity contribution in [2.45, 2.75) is 19.0 Å². The molecule has 1 atom stereocenters. The molecular weight excluding hydrogens is 286 g/mol. The SMILES string of the molecule is C=C1CN(Cc2ccccc2)C(CC(=O)OC)c2ccccc21. The molecule has 0 saturated heterocycles. The summed E-state index contributed by atoms with van der Waals surface area (Å²) in [5.74, 6) is -0.185. The van der Waals surface area contributed by atoms with E-state index in [0.717, 1.165) is 29.8 Å². The van der Waals surface area contributed by atoms with Crippen LogP contribution in [0.1, 0.15) is 29.2 Å². The molecule has 3 nitrogen and oxygen atoms in total. The van der Waals surface area contributed by atoms with E-state index in [1.807, 2.05) is 30.3 Å². The molecule has 1 aliphatic heterocycles. The van der Waals surface area contributed by atoms with Gasteiger partial charge in [0.05, 0.1) is 13.5 Å². The molecule has 118 valence electrons. The van der Waals surface area contributed by atoms with Gasteiger partial charge < -0.3 is 4.74 Å². The topological polar surface area (TPSA) is 29.5 Å². The fourth-order valence-electron chi connectivity index (χ4n) is 3.21. The van der Waals surface area contributed by atoms with E-state index in [4.69, 9.17) is 4.74 Å². The fourth-order valence-corrected chi connectivity index (χ4v) is 3.21. The van der Waals surface area contributed by atoms with Gasteiger partial charge in [0.2, 0.25) is 0 Å². The Labute approximate surface area is 137 Å². The summed E-state index contributed by atoms with van der Waals surface area (Å²) in [5.41, 5.74) is 4.64. The van der Waals surface area contributed by atoms with Gasteiger partial charge in [-0.15, -0.1) is 0 Å². The molecule has 3 heteroatoms. The van der Waals surface area contributed by atoms with E-state index in [1.54, 1.807) is 0 Å². The van der Waals surface area contributed by atoms with Crippen molar-refractivity contribution in [2.24, 2.45) is 0 Å². The van der Waals surface area contributed by atoms with E-state index in [1.165, 1.54) is 12.7 Å². The van der Waals surface area contributed by atoms with E-state index in [2.05, 4.69) is 35.7 Å². The van der Waals surface area contributed by atoms with Crippen molar-refractivity contribution in [1.29, 1.82) is 0 Å². The Morgan fingerprint density at radius 2 is 1.87 bits per heavy atom. The van der Waals surface area contributed by atoms with Crippen LogP contribution < -0.4 is 0 Å². The second-order valence-corrected chi connectivity index (χ2v) is 5.88. The number of carbonyl (C=O) groups excluding carboxylic acids is 1. The van der Waals surface area contributed by atoms with Crippen molar-refractivity contribution in [3.05, 3.63) is 77.9 Å². The van der Waals surface area contributed by atoms with Crippen molar-refractivity contribution < 1.29 is 9.53 Å². The zero-order valence-electron chi connectivity index (χ0n) is 13.4. The summed E-state index contributed by atoms with van der Waals surface area (Å²) in [6, 6.07) is 18.5. The molecule has 0 fully saturated rings. The fraction of sp³-hybridized carbons (Fsp3) is 0.250. The van der Waals surface area contributed by atoms with Gasteiger partial charge >= 0.3 is 5.97 Å². The molecule has 23 heavy (non-hydrogen) atoms. The van der Waals surface area contributed by atoms with E-state index >= 15 is 0 Å². The highest BCUT2D eigenvalue weighted by Gasteiger charge is 2.30. The summed E-state index contributed by atoms with van der Waals surface area (Å²) in [6.07, 6.45) is 0.355. The van der Waals surface area contributed by atoms with Crippen LogP contribution >= 0.6 is 0 Å². The van der Waals surface area contributed by atoms with Crippen LogP contribution in [0.3, 0.4) is 0 Å². The molecule has 0 radical (unpaired) electrons. The molecule has 0 aliphatic carbocycles. The molecule has 0 amide bonds. The zero-order chi connectivity index (χ0) is 16.2. The molecule has 1 aliphatic rings. The average molecular weight is 307 g/mol. The first-order chi connectivity index (χ1) is 11.2. The van der Waals surface area contributed by atoms with Gasteiger partial charge in [-0.05, 0) is 22.3 Å². The number of hydrogen-bond donors (Lipinski definition) is 0. The molecular formula is C20H21NO2. The lowest BCUT2D eigenvalue weighted by atomic mass is 9.88. The van der Waals surface area contributed by atoms with Crippen LogP contribution in [0.2, 0.25) is 0 Å². The van der Waals surface area contributed by atoms with Gasteiger partial charge in [-0.3, -0.25) is 9.69 Å². The standard InChI is InChI=1S/C20H21NO2/c1-15-13-21(14-16-8-4-3-5-9-16)19(12-20(22)23-2)18-11-7-6-10-17(15)18/h3-11,19H,1,12-14H2,2H3. The minimum absolute atomic E-state index is 0.0179. The summed E-state index contributed by atoms with van der Waals surface area (Å²) in [6.45, 7) is 5.77. The third-order valence-electron chi connectivity index (χ3n) is 4.35. The van der Waals surface area contributed by atoms with Crippen LogP contribution in [0.4, 0.5) is 0 Å². The van der Waals surface area contributed by atoms with Crippen LogP contribution in [0.15, 0.2) is 61.2 Å². The molecule has 1 heterocycles. The summed E-state index contributed by atoms with van der Waals surface area (Å²) in [7, 11) is 1.44. The number of hydrogen-bond acceptors (Lipinski definition) is 3. The first-order valence-electron chi connectivity index (χ1n) is 7.81. The maximum Gasteiger partial charge on any atom is 0.307 e. The van der Waals surface area contributed by atoms with Crippen LogP contribution in [0, 0.1) is 0 Å². The van der Waals surface area contributed by atoms with Gasteiger partial charge in [-0.2, -0.15) is 0 Å². The van der Waals surface area contributed by atoms with Crippen LogP contribution in [-0.4, -0.2) is 24.5 Å². The van der Waals surface area contributed by atoms with Crippen molar-refractivity contribution in [3.63, 3.8) is 0 Å². The molecule has 2 aromatic carbocycles. The molecule has 2 aromatic rings. The summed E-state index contributed by atoms with van der Waals surface area (Å²) < 4.78 is 4.91. The molecule has 3 rings (SSSR count). The number of rotatable bonds is 4. The van der Waals surface area contributed by atoms with Gasteiger partial charge in [-0.1, -0.05) is 61.2 Å². The van der Waals surface area contributed by atoms with E-state index in [0.29, 0.717) is 6.42 Å². The zero-order valence-corrected chi connectivity index (χ0v) is 13.4. The van der Waals surface area contributed by atoms with Gasteiger partial charge in [0, 0.05) is 19.1 Å². The lowest BCUT2D eigenvalue weighted by Gasteiger charge is -2.38. The largest absolute Gasteiger partial charge is 0.469 e.